The third-order valence-corrected chi connectivity index (χ3v) is 3.35. The zero-order valence-corrected chi connectivity index (χ0v) is 11.5. The number of hydrogen-bond acceptors (Lipinski definition) is 4. The predicted molar refractivity (Wildman–Crippen MR) is 75.6 cm³/mol. The molecule has 0 amide bonds. The molecule has 0 fully saturated rings. The van der Waals surface area contributed by atoms with Crippen LogP contribution in [0.2, 0.25) is 0 Å². The highest BCUT2D eigenvalue weighted by Gasteiger charge is 2.10. The summed E-state index contributed by atoms with van der Waals surface area (Å²) in [4.78, 5) is 8.41. The van der Waals surface area contributed by atoms with Gasteiger partial charge < -0.3 is 4.52 Å². The topological polar surface area (TPSA) is 51.8 Å². The van der Waals surface area contributed by atoms with Gasteiger partial charge in [0.2, 0.25) is 5.82 Å². The molecule has 0 aliphatic carbocycles. The first-order chi connectivity index (χ1) is 9.36. The Morgan fingerprint density at radius 2 is 1.89 bits per heavy atom. The molecule has 0 bridgehead atoms. The van der Waals surface area contributed by atoms with Crippen molar-refractivity contribution in [3.05, 3.63) is 54.4 Å². The van der Waals surface area contributed by atoms with Crippen LogP contribution in [-0.4, -0.2) is 15.1 Å². The van der Waals surface area contributed by atoms with E-state index in [0.717, 1.165) is 16.5 Å². The van der Waals surface area contributed by atoms with Crippen LogP contribution in [0.3, 0.4) is 0 Å². The average Bonchev–Trinajstić information content (AvgIpc) is 2.98. The van der Waals surface area contributed by atoms with E-state index >= 15 is 0 Å². The molecule has 94 valence electrons. The molecule has 3 rings (SSSR count). The summed E-state index contributed by atoms with van der Waals surface area (Å²) >= 11 is 3.42. The lowest BCUT2D eigenvalue weighted by Crippen LogP contribution is -1.83. The summed E-state index contributed by atoms with van der Waals surface area (Å²) in [6.07, 6.45) is 3.41. The summed E-state index contributed by atoms with van der Waals surface area (Å²) < 4.78 is 5.25. The van der Waals surface area contributed by atoms with E-state index in [4.69, 9.17) is 4.52 Å². The maximum absolute atomic E-state index is 5.25. The third kappa shape index (κ3) is 2.56. The first-order valence-corrected chi connectivity index (χ1v) is 6.88. The number of rotatable bonds is 3. The van der Waals surface area contributed by atoms with Crippen LogP contribution >= 0.6 is 15.9 Å². The Labute approximate surface area is 118 Å². The summed E-state index contributed by atoms with van der Waals surface area (Å²) in [5.41, 5.74) is 2.96. The van der Waals surface area contributed by atoms with E-state index < -0.39 is 0 Å². The minimum Gasteiger partial charge on any atom is -0.334 e. The standard InChI is InChI=1S/C14H10BrN3O/c15-8-10-3-5-11(6-4-10)13-17-14(19-18-13)12-2-1-7-16-9-12/h1-7,9H,8H2. The molecule has 0 aliphatic heterocycles. The highest BCUT2D eigenvalue weighted by atomic mass is 79.9. The zero-order valence-electron chi connectivity index (χ0n) is 9.95. The van der Waals surface area contributed by atoms with Gasteiger partial charge in [-0.05, 0) is 17.7 Å². The lowest BCUT2D eigenvalue weighted by Gasteiger charge is -1.96. The molecule has 0 N–H and O–H groups in total. The summed E-state index contributed by atoms with van der Waals surface area (Å²) in [7, 11) is 0. The van der Waals surface area contributed by atoms with Crippen molar-refractivity contribution in [2.24, 2.45) is 0 Å². The van der Waals surface area contributed by atoms with Crippen molar-refractivity contribution < 1.29 is 4.52 Å². The van der Waals surface area contributed by atoms with Gasteiger partial charge in [-0.15, -0.1) is 0 Å². The summed E-state index contributed by atoms with van der Waals surface area (Å²) in [6, 6.07) is 11.7. The molecule has 0 saturated carbocycles. The number of nitrogens with zero attached hydrogens (tertiary/aromatic N) is 3. The second kappa shape index (κ2) is 5.32. The fraction of sp³-hybridized carbons (Fsp3) is 0.0714. The molecule has 0 atom stereocenters. The van der Waals surface area contributed by atoms with Gasteiger partial charge in [-0.3, -0.25) is 4.98 Å². The molecule has 3 aromatic rings. The predicted octanol–water partition coefficient (Wildman–Crippen LogP) is 3.69. The molecule has 0 spiro atoms. The Hall–Kier alpha value is -2.01. The number of benzene rings is 1. The van der Waals surface area contributed by atoms with Crippen LogP contribution < -0.4 is 0 Å². The summed E-state index contributed by atoms with van der Waals surface area (Å²) in [5, 5.41) is 4.83. The van der Waals surface area contributed by atoms with Gasteiger partial charge in [-0.25, -0.2) is 0 Å². The maximum atomic E-state index is 5.25. The summed E-state index contributed by atoms with van der Waals surface area (Å²) in [6.45, 7) is 0. The summed E-state index contributed by atoms with van der Waals surface area (Å²) in [5.74, 6) is 1.06. The van der Waals surface area contributed by atoms with Crippen LogP contribution in [0.15, 0.2) is 53.3 Å². The Balaban J connectivity index is 1.92. The van der Waals surface area contributed by atoms with Gasteiger partial charge in [0.25, 0.3) is 5.89 Å². The molecule has 19 heavy (non-hydrogen) atoms. The Bertz CT molecular complexity index is 665. The smallest absolute Gasteiger partial charge is 0.259 e. The fourth-order valence-corrected chi connectivity index (χ4v) is 2.06. The highest BCUT2D eigenvalue weighted by molar-refractivity contribution is 9.08. The van der Waals surface area contributed by atoms with Crippen LogP contribution in [0.4, 0.5) is 0 Å². The maximum Gasteiger partial charge on any atom is 0.259 e. The molecule has 1 aromatic carbocycles. The molecular formula is C14H10BrN3O. The van der Waals surface area contributed by atoms with Crippen molar-refractivity contribution in [1.82, 2.24) is 15.1 Å². The first kappa shape index (κ1) is 12.0. The van der Waals surface area contributed by atoms with Crippen molar-refractivity contribution in [3.8, 4) is 22.8 Å². The van der Waals surface area contributed by atoms with E-state index in [1.165, 1.54) is 5.56 Å². The van der Waals surface area contributed by atoms with Crippen molar-refractivity contribution in [2.75, 3.05) is 0 Å². The molecule has 0 radical (unpaired) electrons. The largest absolute Gasteiger partial charge is 0.334 e. The second-order valence-corrected chi connectivity index (χ2v) is 4.56. The van der Waals surface area contributed by atoms with Gasteiger partial charge in [-0.2, -0.15) is 4.98 Å². The fourth-order valence-electron chi connectivity index (χ4n) is 1.69. The van der Waals surface area contributed by atoms with Gasteiger partial charge in [0.1, 0.15) is 0 Å². The van der Waals surface area contributed by atoms with Gasteiger partial charge in [-0.1, -0.05) is 45.4 Å². The van der Waals surface area contributed by atoms with E-state index in [9.17, 15) is 0 Å². The quantitative estimate of drug-likeness (QED) is 0.692. The van der Waals surface area contributed by atoms with Crippen molar-refractivity contribution in [3.63, 3.8) is 0 Å². The molecule has 2 aromatic heterocycles. The monoisotopic (exact) mass is 315 g/mol. The number of alkyl halides is 1. The third-order valence-electron chi connectivity index (χ3n) is 2.70. The molecule has 4 nitrogen and oxygen atoms in total. The van der Waals surface area contributed by atoms with Crippen LogP contribution in [0.1, 0.15) is 5.56 Å². The SMILES string of the molecule is BrCc1ccc(-c2noc(-c3cccnc3)n2)cc1. The van der Waals surface area contributed by atoms with Gasteiger partial charge in [0.15, 0.2) is 0 Å². The van der Waals surface area contributed by atoms with E-state index in [1.54, 1.807) is 12.4 Å². The van der Waals surface area contributed by atoms with Crippen molar-refractivity contribution in [1.29, 1.82) is 0 Å². The lowest BCUT2D eigenvalue weighted by molar-refractivity contribution is 0.432. The van der Waals surface area contributed by atoms with Crippen LogP contribution in [0.25, 0.3) is 22.8 Å². The van der Waals surface area contributed by atoms with Crippen LogP contribution in [0.5, 0.6) is 0 Å². The number of aromatic nitrogens is 3. The normalized spacial score (nSPS) is 10.6. The Kier molecular flexibility index (Phi) is 3.37. The molecule has 0 saturated heterocycles. The molecule has 0 unspecified atom stereocenters. The van der Waals surface area contributed by atoms with E-state index in [0.29, 0.717) is 11.7 Å². The number of pyridine rings is 1. The van der Waals surface area contributed by atoms with Crippen molar-refractivity contribution >= 4 is 15.9 Å². The minimum absolute atomic E-state index is 0.479. The van der Waals surface area contributed by atoms with Gasteiger partial charge >= 0.3 is 0 Å². The Morgan fingerprint density at radius 1 is 1.05 bits per heavy atom. The van der Waals surface area contributed by atoms with Gasteiger partial charge in [0, 0.05) is 23.3 Å². The van der Waals surface area contributed by atoms with Crippen LogP contribution in [0, 0.1) is 0 Å². The van der Waals surface area contributed by atoms with Crippen LogP contribution in [-0.2, 0) is 5.33 Å². The minimum atomic E-state index is 0.479. The second-order valence-electron chi connectivity index (χ2n) is 4.00. The van der Waals surface area contributed by atoms with E-state index in [1.807, 2.05) is 36.4 Å². The average molecular weight is 316 g/mol. The molecule has 0 aliphatic rings. The zero-order chi connectivity index (χ0) is 13.1. The molecular weight excluding hydrogens is 306 g/mol. The Morgan fingerprint density at radius 3 is 2.58 bits per heavy atom. The van der Waals surface area contributed by atoms with E-state index in [-0.39, 0.29) is 0 Å². The molecule has 5 heteroatoms. The number of hydrogen-bond donors (Lipinski definition) is 0. The number of halogens is 1. The van der Waals surface area contributed by atoms with E-state index in [2.05, 4.69) is 31.1 Å². The first-order valence-electron chi connectivity index (χ1n) is 5.76. The lowest BCUT2D eigenvalue weighted by atomic mass is 10.1. The van der Waals surface area contributed by atoms with Gasteiger partial charge in [0.05, 0.1) is 5.56 Å². The van der Waals surface area contributed by atoms with Crippen molar-refractivity contribution in [2.45, 2.75) is 5.33 Å². The molecule has 2 heterocycles. The highest BCUT2D eigenvalue weighted by Crippen LogP contribution is 2.22.